The minimum atomic E-state index is -3.78. The van der Waals surface area contributed by atoms with Crippen LogP contribution in [0.4, 0.5) is 0 Å². The molecule has 0 saturated carbocycles. The summed E-state index contributed by atoms with van der Waals surface area (Å²) in [5, 5.41) is 4.26. The van der Waals surface area contributed by atoms with Gasteiger partial charge in [0.2, 0.25) is 10.0 Å². The van der Waals surface area contributed by atoms with Crippen LogP contribution in [0, 0.1) is 0 Å². The summed E-state index contributed by atoms with van der Waals surface area (Å²) < 4.78 is 41.0. The molecule has 0 saturated heterocycles. The van der Waals surface area contributed by atoms with E-state index in [1.54, 1.807) is 37.5 Å². The van der Waals surface area contributed by atoms with Crippen LogP contribution in [0.25, 0.3) is 11.5 Å². The summed E-state index contributed by atoms with van der Waals surface area (Å²) in [5.41, 5.74) is 0.201. The maximum Gasteiger partial charge on any atom is 0.346 e. The predicted molar refractivity (Wildman–Crippen MR) is 103 cm³/mol. The molecule has 152 valence electrons. The first-order valence-corrected chi connectivity index (χ1v) is 10.4. The van der Waals surface area contributed by atoms with Gasteiger partial charge in [0.1, 0.15) is 18.9 Å². The minimum Gasteiger partial charge on any atom is -0.486 e. The van der Waals surface area contributed by atoms with Gasteiger partial charge in [0.15, 0.2) is 17.3 Å². The van der Waals surface area contributed by atoms with Gasteiger partial charge in [0.05, 0.1) is 11.4 Å². The van der Waals surface area contributed by atoms with Crippen LogP contribution in [0.15, 0.2) is 52.3 Å². The highest BCUT2D eigenvalue weighted by atomic mass is 32.2. The van der Waals surface area contributed by atoms with Gasteiger partial charge in [0.25, 0.3) is 0 Å². The van der Waals surface area contributed by atoms with Crippen molar-refractivity contribution in [2.75, 3.05) is 19.8 Å². The summed E-state index contributed by atoms with van der Waals surface area (Å²) in [6.07, 6.45) is 1.61. The van der Waals surface area contributed by atoms with Gasteiger partial charge in [-0.1, -0.05) is 6.07 Å². The molecule has 0 fully saturated rings. The fourth-order valence-electron chi connectivity index (χ4n) is 2.91. The van der Waals surface area contributed by atoms with E-state index in [0.29, 0.717) is 36.2 Å². The van der Waals surface area contributed by atoms with Crippen LogP contribution in [0.2, 0.25) is 0 Å². The molecular formula is C18H19N5O5S. The summed E-state index contributed by atoms with van der Waals surface area (Å²) in [5.74, 6) is 1.31. The molecule has 0 spiro atoms. The van der Waals surface area contributed by atoms with E-state index < -0.39 is 10.0 Å². The molecule has 0 amide bonds. The van der Waals surface area contributed by atoms with E-state index in [1.165, 1.54) is 21.4 Å². The van der Waals surface area contributed by atoms with Crippen molar-refractivity contribution in [3.63, 3.8) is 0 Å². The number of pyridine rings is 1. The predicted octanol–water partition coefficient (Wildman–Crippen LogP) is 0.393. The van der Waals surface area contributed by atoms with Gasteiger partial charge in [-0.15, -0.1) is 5.10 Å². The Balaban J connectivity index is 1.47. The van der Waals surface area contributed by atoms with Crippen LogP contribution in [0.5, 0.6) is 11.5 Å². The van der Waals surface area contributed by atoms with Gasteiger partial charge in [-0.25, -0.2) is 22.6 Å². The number of benzene rings is 1. The van der Waals surface area contributed by atoms with E-state index in [4.69, 9.17) is 9.47 Å². The Kier molecular flexibility index (Phi) is 5.07. The summed E-state index contributed by atoms with van der Waals surface area (Å²) >= 11 is 0. The van der Waals surface area contributed by atoms with E-state index in [2.05, 4.69) is 14.8 Å². The highest BCUT2D eigenvalue weighted by molar-refractivity contribution is 7.89. The quantitative estimate of drug-likeness (QED) is 0.617. The molecule has 1 aliphatic rings. The average Bonchev–Trinajstić information content (AvgIpc) is 3.02. The SMILES string of the molecule is Cn1c(-c2ccccn2)nn(CCNS(=O)(=O)c2ccc3c(c2)OCCO3)c1=O. The number of hydrogen-bond donors (Lipinski definition) is 1. The molecular weight excluding hydrogens is 398 g/mol. The van der Waals surface area contributed by atoms with Crippen molar-refractivity contribution in [2.45, 2.75) is 11.4 Å². The Labute approximate surface area is 166 Å². The second-order valence-electron chi connectivity index (χ2n) is 6.31. The number of rotatable bonds is 6. The molecule has 0 radical (unpaired) electrons. The second-order valence-corrected chi connectivity index (χ2v) is 8.07. The van der Waals surface area contributed by atoms with Crippen LogP contribution in [0.1, 0.15) is 0 Å². The zero-order valence-electron chi connectivity index (χ0n) is 15.6. The second kappa shape index (κ2) is 7.68. The maximum absolute atomic E-state index is 12.6. The first-order chi connectivity index (χ1) is 14.0. The Hall–Kier alpha value is -3.18. The Morgan fingerprint density at radius 3 is 2.69 bits per heavy atom. The van der Waals surface area contributed by atoms with E-state index in [9.17, 15) is 13.2 Å². The number of nitrogens with zero attached hydrogens (tertiary/aromatic N) is 4. The molecule has 10 nitrogen and oxygen atoms in total. The third-order valence-electron chi connectivity index (χ3n) is 4.37. The molecule has 1 aromatic carbocycles. The van der Waals surface area contributed by atoms with E-state index in [-0.39, 0.29) is 23.7 Å². The van der Waals surface area contributed by atoms with Crippen LogP contribution in [-0.2, 0) is 23.6 Å². The number of fused-ring (bicyclic) bond motifs is 1. The van der Waals surface area contributed by atoms with Gasteiger partial charge >= 0.3 is 5.69 Å². The fraction of sp³-hybridized carbons (Fsp3) is 0.278. The van der Waals surface area contributed by atoms with E-state index in [0.717, 1.165) is 0 Å². The molecule has 2 aromatic heterocycles. The number of nitrogens with one attached hydrogen (secondary N) is 1. The molecule has 0 atom stereocenters. The summed E-state index contributed by atoms with van der Waals surface area (Å²) in [7, 11) is -2.19. The molecule has 3 heterocycles. The van der Waals surface area contributed by atoms with Gasteiger partial charge < -0.3 is 9.47 Å². The van der Waals surface area contributed by atoms with E-state index >= 15 is 0 Å². The van der Waals surface area contributed by atoms with Crippen molar-refractivity contribution in [3.8, 4) is 23.0 Å². The van der Waals surface area contributed by atoms with Crippen molar-refractivity contribution in [1.82, 2.24) is 24.1 Å². The molecule has 0 aliphatic carbocycles. The molecule has 0 bridgehead atoms. The highest BCUT2D eigenvalue weighted by Crippen LogP contribution is 2.32. The van der Waals surface area contributed by atoms with Crippen LogP contribution < -0.4 is 19.9 Å². The van der Waals surface area contributed by atoms with Crippen molar-refractivity contribution in [2.24, 2.45) is 7.05 Å². The summed E-state index contributed by atoms with van der Waals surface area (Å²) in [6.45, 7) is 0.862. The lowest BCUT2D eigenvalue weighted by atomic mass is 10.3. The zero-order valence-corrected chi connectivity index (χ0v) is 16.4. The molecule has 29 heavy (non-hydrogen) atoms. The smallest absolute Gasteiger partial charge is 0.346 e. The monoisotopic (exact) mass is 417 g/mol. The number of ether oxygens (including phenoxy) is 2. The summed E-state index contributed by atoms with van der Waals surface area (Å²) in [4.78, 5) is 16.6. The normalized spacial score (nSPS) is 13.4. The molecule has 0 unspecified atom stereocenters. The molecule has 3 aromatic rings. The molecule has 11 heteroatoms. The average molecular weight is 417 g/mol. The van der Waals surface area contributed by atoms with Crippen LogP contribution in [-0.4, -0.2) is 47.5 Å². The molecule has 4 rings (SSSR count). The van der Waals surface area contributed by atoms with Crippen molar-refractivity contribution < 1.29 is 17.9 Å². The Bertz CT molecular complexity index is 1190. The van der Waals surface area contributed by atoms with Crippen molar-refractivity contribution in [1.29, 1.82) is 0 Å². The topological polar surface area (TPSA) is 117 Å². The van der Waals surface area contributed by atoms with Crippen LogP contribution in [0.3, 0.4) is 0 Å². The van der Waals surface area contributed by atoms with Gasteiger partial charge in [-0.3, -0.25) is 9.55 Å². The first kappa shape index (κ1) is 19.2. The maximum atomic E-state index is 12.6. The number of hydrogen-bond acceptors (Lipinski definition) is 7. The van der Waals surface area contributed by atoms with Gasteiger partial charge in [-0.2, -0.15) is 0 Å². The van der Waals surface area contributed by atoms with Gasteiger partial charge in [-0.05, 0) is 24.3 Å². The Morgan fingerprint density at radius 2 is 1.93 bits per heavy atom. The largest absolute Gasteiger partial charge is 0.486 e. The zero-order chi connectivity index (χ0) is 20.4. The first-order valence-electron chi connectivity index (χ1n) is 8.90. The third-order valence-corrected chi connectivity index (χ3v) is 5.83. The van der Waals surface area contributed by atoms with Gasteiger partial charge in [0, 0.05) is 25.9 Å². The van der Waals surface area contributed by atoms with E-state index in [1.807, 2.05) is 0 Å². The van der Waals surface area contributed by atoms with Crippen molar-refractivity contribution >= 4 is 10.0 Å². The highest BCUT2D eigenvalue weighted by Gasteiger charge is 2.20. The standard InChI is InChI=1S/C18H19N5O5S/c1-22-17(14-4-2-3-7-19-14)21-23(18(22)24)9-8-20-29(25,26)13-5-6-15-16(12-13)28-11-10-27-15/h2-7,12,20H,8-11H2,1H3. The fourth-order valence-corrected chi connectivity index (χ4v) is 3.95. The van der Waals surface area contributed by atoms with Crippen LogP contribution >= 0.6 is 0 Å². The lowest BCUT2D eigenvalue weighted by Crippen LogP contribution is -2.31. The Morgan fingerprint density at radius 1 is 1.14 bits per heavy atom. The molecule has 1 N–H and O–H groups in total. The number of sulfonamides is 1. The number of aromatic nitrogens is 4. The van der Waals surface area contributed by atoms with Crippen molar-refractivity contribution in [3.05, 3.63) is 53.1 Å². The lowest BCUT2D eigenvalue weighted by molar-refractivity contribution is 0.171. The molecule has 1 aliphatic heterocycles. The summed E-state index contributed by atoms with van der Waals surface area (Å²) in [6, 6.07) is 9.74. The lowest BCUT2D eigenvalue weighted by Gasteiger charge is -2.18. The third kappa shape index (κ3) is 3.87. The minimum absolute atomic E-state index is 0.00461.